The molecule has 1 amide bonds. The Morgan fingerprint density at radius 1 is 1.31 bits per heavy atom. The Bertz CT molecular complexity index is 943. The Kier molecular flexibility index (Phi) is 4.46. The molecule has 1 aromatic heterocycles. The molecule has 1 saturated heterocycles. The molecule has 12 heteroatoms. The van der Waals surface area contributed by atoms with Gasteiger partial charge >= 0.3 is 6.18 Å². The first kappa shape index (κ1) is 18.3. The van der Waals surface area contributed by atoms with Crippen molar-refractivity contribution in [2.45, 2.75) is 18.8 Å². The number of carbonyl (C=O) groups is 1. The summed E-state index contributed by atoms with van der Waals surface area (Å²) in [6.45, 7) is -0.151. The van der Waals surface area contributed by atoms with Crippen LogP contribution >= 0.6 is 0 Å². The quantitative estimate of drug-likeness (QED) is 0.784. The second-order valence-corrected chi connectivity index (χ2v) is 8.01. The average molecular weight is 392 g/mol. The highest BCUT2D eigenvalue weighted by Gasteiger charge is 2.35. The number of rotatable bonds is 4. The number of sulfone groups is 1. The number of amides is 1. The highest BCUT2D eigenvalue weighted by molar-refractivity contribution is 7.92. The van der Waals surface area contributed by atoms with E-state index in [1.165, 1.54) is 12.3 Å². The summed E-state index contributed by atoms with van der Waals surface area (Å²) >= 11 is 0. The van der Waals surface area contributed by atoms with Crippen LogP contribution in [0.25, 0.3) is 0 Å². The molecule has 0 spiro atoms. The van der Waals surface area contributed by atoms with Gasteiger partial charge in [0.05, 0.1) is 35.9 Å². The van der Waals surface area contributed by atoms with Crippen molar-refractivity contribution < 1.29 is 30.8 Å². The Morgan fingerprint density at radius 3 is 2.62 bits per heavy atom. The van der Waals surface area contributed by atoms with Crippen molar-refractivity contribution in [3.63, 3.8) is 0 Å². The molecule has 140 valence electrons. The Morgan fingerprint density at radius 2 is 2.00 bits per heavy atom. The van der Waals surface area contributed by atoms with Crippen LogP contribution in [0.5, 0.6) is 0 Å². The van der Waals surface area contributed by atoms with Gasteiger partial charge < -0.3 is 5.32 Å². The molecule has 2 heterocycles. The number of hydrogen-bond acceptors (Lipinski definition) is 5. The topological polar surface area (TPSA) is 94.0 Å². The van der Waals surface area contributed by atoms with Crippen LogP contribution < -0.4 is 5.32 Å². The third-order valence-electron chi connectivity index (χ3n) is 3.70. The Balaban J connectivity index is 1.68. The summed E-state index contributed by atoms with van der Waals surface area (Å²) in [5, 5.41) is 9.71. The van der Waals surface area contributed by atoms with Gasteiger partial charge in [0.2, 0.25) is 0 Å². The Hall–Kier alpha value is -2.50. The predicted octanol–water partition coefficient (Wildman–Crippen LogP) is 1.01. The van der Waals surface area contributed by atoms with Crippen molar-refractivity contribution in [2.75, 3.05) is 11.5 Å². The van der Waals surface area contributed by atoms with E-state index in [1.807, 2.05) is 0 Å². The van der Waals surface area contributed by atoms with Gasteiger partial charge in [0, 0.05) is 0 Å². The summed E-state index contributed by atoms with van der Waals surface area (Å²) in [6.07, 6.45) is -3.62. The lowest BCUT2D eigenvalue weighted by molar-refractivity contribution is -0.140. The molecular weight excluding hydrogens is 380 g/mol. The zero-order valence-corrected chi connectivity index (χ0v) is 13.8. The molecule has 2 aromatic rings. The van der Waals surface area contributed by atoms with E-state index in [4.69, 9.17) is 0 Å². The average Bonchev–Trinajstić information content (AvgIpc) is 2.95. The van der Waals surface area contributed by atoms with Crippen LogP contribution in [0.3, 0.4) is 0 Å². The number of benzene rings is 1. The van der Waals surface area contributed by atoms with Gasteiger partial charge in [0.25, 0.3) is 5.91 Å². The Labute approximate surface area is 144 Å². The van der Waals surface area contributed by atoms with Crippen molar-refractivity contribution in [1.29, 1.82) is 0 Å². The number of hydrogen-bond donors (Lipinski definition) is 1. The van der Waals surface area contributed by atoms with Crippen molar-refractivity contribution in [2.24, 2.45) is 0 Å². The minimum absolute atomic E-state index is 0.104. The lowest BCUT2D eigenvalue weighted by atomic mass is 10.1. The van der Waals surface area contributed by atoms with E-state index >= 15 is 0 Å². The molecule has 7 nitrogen and oxygen atoms in total. The van der Waals surface area contributed by atoms with Gasteiger partial charge in [-0.15, -0.1) is 5.10 Å². The maximum absolute atomic E-state index is 13.3. The molecule has 0 atom stereocenters. The van der Waals surface area contributed by atoms with Gasteiger partial charge in [-0.25, -0.2) is 17.5 Å². The maximum atomic E-state index is 13.3. The number of aromatic nitrogens is 3. The first-order valence-electron chi connectivity index (χ1n) is 7.30. The minimum Gasteiger partial charge on any atom is -0.346 e. The number of nitrogens with one attached hydrogen (secondary N) is 1. The summed E-state index contributed by atoms with van der Waals surface area (Å²) in [4.78, 5) is 11.9. The summed E-state index contributed by atoms with van der Waals surface area (Å²) in [5.41, 5.74) is -1.37. The minimum atomic E-state index is -4.82. The summed E-state index contributed by atoms with van der Waals surface area (Å²) in [7, 11) is -3.09. The van der Waals surface area contributed by atoms with Gasteiger partial charge in [0.15, 0.2) is 15.5 Å². The molecule has 26 heavy (non-hydrogen) atoms. The van der Waals surface area contributed by atoms with Crippen LogP contribution in [0.2, 0.25) is 0 Å². The summed E-state index contributed by atoms with van der Waals surface area (Å²) < 4.78 is 74.7. The molecule has 1 aliphatic rings. The van der Waals surface area contributed by atoms with Crippen molar-refractivity contribution in [3.8, 4) is 0 Å². The zero-order chi connectivity index (χ0) is 19.1. The van der Waals surface area contributed by atoms with E-state index in [0.29, 0.717) is 12.1 Å². The fourth-order valence-electron chi connectivity index (χ4n) is 2.46. The van der Waals surface area contributed by atoms with E-state index in [2.05, 4.69) is 15.6 Å². The molecular formula is C14H12F4N4O3S. The molecule has 1 aromatic carbocycles. The molecule has 1 fully saturated rings. The molecule has 1 N–H and O–H groups in total. The fourth-order valence-corrected chi connectivity index (χ4v) is 3.76. The van der Waals surface area contributed by atoms with Gasteiger partial charge in [-0.05, 0) is 17.7 Å². The van der Waals surface area contributed by atoms with Crippen molar-refractivity contribution in [1.82, 2.24) is 20.3 Å². The van der Waals surface area contributed by atoms with E-state index in [0.717, 1.165) is 4.68 Å². The lowest BCUT2D eigenvalue weighted by Gasteiger charge is -2.25. The van der Waals surface area contributed by atoms with Crippen molar-refractivity contribution >= 4 is 15.7 Å². The highest BCUT2D eigenvalue weighted by Crippen LogP contribution is 2.32. The second kappa shape index (κ2) is 6.34. The van der Waals surface area contributed by atoms with Crippen LogP contribution in [0, 0.1) is 5.82 Å². The first-order valence-corrected chi connectivity index (χ1v) is 9.13. The van der Waals surface area contributed by atoms with Crippen molar-refractivity contribution in [3.05, 3.63) is 47.0 Å². The van der Waals surface area contributed by atoms with E-state index < -0.39 is 39.3 Å². The molecule has 0 bridgehead atoms. The van der Waals surface area contributed by atoms with Gasteiger partial charge in [-0.1, -0.05) is 11.3 Å². The van der Waals surface area contributed by atoms with Gasteiger partial charge in [-0.2, -0.15) is 13.2 Å². The zero-order valence-electron chi connectivity index (χ0n) is 13.0. The normalized spacial score (nSPS) is 16.9. The number of alkyl halides is 3. The van der Waals surface area contributed by atoms with E-state index in [-0.39, 0.29) is 29.3 Å². The van der Waals surface area contributed by atoms with E-state index in [9.17, 15) is 30.8 Å². The maximum Gasteiger partial charge on any atom is 0.419 e. The molecule has 0 aliphatic carbocycles. The highest BCUT2D eigenvalue weighted by atomic mass is 32.2. The summed E-state index contributed by atoms with van der Waals surface area (Å²) in [5.74, 6) is -2.31. The lowest BCUT2D eigenvalue weighted by Crippen LogP contribution is -2.53. The molecule has 0 unspecified atom stereocenters. The van der Waals surface area contributed by atoms with E-state index in [1.54, 1.807) is 0 Å². The van der Waals surface area contributed by atoms with Crippen LogP contribution in [-0.4, -0.2) is 46.9 Å². The molecule has 0 radical (unpaired) electrons. The van der Waals surface area contributed by atoms with Crippen LogP contribution in [-0.2, 0) is 22.6 Å². The fraction of sp³-hybridized carbons (Fsp3) is 0.357. The predicted molar refractivity (Wildman–Crippen MR) is 80.4 cm³/mol. The van der Waals surface area contributed by atoms with Crippen LogP contribution in [0.15, 0.2) is 24.4 Å². The van der Waals surface area contributed by atoms with Gasteiger partial charge in [0.1, 0.15) is 5.82 Å². The first-order chi connectivity index (χ1) is 12.0. The molecule has 1 aliphatic heterocycles. The summed E-state index contributed by atoms with van der Waals surface area (Å²) in [6, 6.07) is 2.05. The van der Waals surface area contributed by atoms with Crippen LogP contribution in [0.4, 0.5) is 17.6 Å². The SMILES string of the molecule is O=C(NC1CS(=O)(=O)C1)c1cn(Cc2ccc(F)c(C(F)(F)F)c2)nn1. The molecule has 3 rings (SSSR count). The third-order valence-corrected chi connectivity index (χ3v) is 5.52. The standard InChI is InChI=1S/C14H12F4N4O3S/c15-11-2-1-8(3-10(11)14(16,17)18)4-22-5-12(20-21-22)13(23)19-9-6-26(24,25)7-9/h1-3,5,9H,4,6-7H2,(H,19,23). The van der Waals surface area contributed by atoms with Gasteiger partial charge in [-0.3, -0.25) is 4.79 Å². The third kappa shape index (κ3) is 4.00. The second-order valence-electron chi connectivity index (χ2n) is 5.86. The molecule has 0 saturated carbocycles. The largest absolute Gasteiger partial charge is 0.419 e. The number of carbonyl (C=O) groups excluding carboxylic acids is 1. The smallest absolute Gasteiger partial charge is 0.346 e. The van der Waals surface area contributed by atoms with Crippen LogP contribution in [0.1, 0.15) is 21.6 Å². The number of nitrogens with zero attached hydrogens (tertiary/aromatic N) is 3. The number of halogens is 4. The monoisotopic (exact) mass is 392 g/mol.